The van der Waals surface area contributed by atoms with Gasteiger partial charge in [-0.2, -0.15) is 0 Å². The summed E-state index contributed by atoms with van der Waals surface area (Å²) in [7, 11) is 1.77. The van der Waals surface area contributed by atoms with Gasteiger partial charge in [0, 0.05) is 63.9 Å². The molecule has 1 aromatic rings. The second kappa shape index (κ2) is 15.3. The fourth-order valence-electron chi connectivity index (χ4n) is 7.11. The molecule has 0 radical (unpaired) electrons. The monoisotopic (exact) mass is 609 g/mol. The standard InChI is InChI=1S/C36H55N3O5/c1-35(2,34(40)38-23-27-15-19-42-20-16-27)22-30-12-13-31(24-37-30)43-25-28-11-14-33-32(21-28)39(17-8-18-41-4)26-36(3,44-33)29-9-6-5-7-10-29/h5-7,9,11,14,21,27,29-31,37H,8,10,12-13,15-20,22-26H2,1-4H3,(H,38,40)/t29?,30-,31+,36+/m0/s1. The van der Waals surface area contributed by atoms with Crippen molar-refractivity contribution in [3.8, 4) is 5.75 Å². The molecule has 244 valence electrons. The first-order valence-corrected chi connectivity index (χ1v) is 16.9. The number of nitrogens with one attached hydrogen (secondary N) is 2. The van der Waals surface area contributed by atoms with Crippen LogP contribution < -0.4 is 20.3 Å². The van der Waals surface area contributed by atoms with E-state index >= 15 is 0 Å². The van der Waals surface area contributed by atoms with E-state index in [2.05, 4.69) is 78.8 Å². The molecular formula is C36H55N3O5. The Morgan fingerprint density at radius 2 is 2.02 bits per heavy atom. The minimum Gasteiger partial charge on any atom is -0.483 e. The number of allylic oxidation sites excluding steroid dienone is 3. The lowest BCUT2D eigenvalue weighted by atomic mass is 9.82. The highest BCUT2D eigenvalue weighted by Crippen LogP contribution is 2.42. The number of fused-ring (bicyclic) bond motifs is 1. The van der Waals surface area contributed by atoms with Crippen LogP contribution in [0.3, 0.4) is 0 Å². The van der Waals surface area contributed by atoms with Crippen LogP contribution in [0, 0.1) is 17.3 Å². The Bertz CT molecular complexity index is 1140. The number of carbonyl (C=O) groups excluding carboxylic acids is 1. The van der Waals surface area contributed by atoms with Crippen LogP contribution in [0.5, 0.6) is 5.75 Å². The zero-order valence-corrected chi connectivity index (χ0v) is 27.4. The Morgan fingerprint density at radius 3 is 2.75 bits per heavy atom. The number of amides is 1. The Labute approximate surface area is 264 Å². The zero-order chi connectivity index (χ0) is 31.0. The van der Waals surface area contributed by atoms with Gasteiger partial charge in [0.15, 0.2) is 0 Å². The number of methoxy groups -OCH3 is 1. The lowest BCUT2D eigenvalue weighted by Gasteiger charge is -2.46. The Kier molecular flexibility index (Phi) is 11.4. The van der Waals surface area contributed by atoms with Crippen molar-refractivity contribution in [2.24, 2.45) is 17.3 Å². The van der Waals surface area contributed by atoms with Crippen LogP contribution in [-0.2, 0) is 25.6 Å². The number of hydrogen-bond acceptors (Lipinski definition) is 7. The topological polar surface area (TPSA) is 81.3 Å². The van der Waals surface area contributed by atoms with Gasteiger partial charge in [0.05, 0.1) is 24.9 Å². The molecular weight excluding hydrogens is 554 g/mol. The molecule has 0 spiro atoms. The largest absolute Gasteiger partial charge is 0.483 e. The molecule has 0 saturated carbocycles. The second-order valence-electron chi connectivity index (χ2n) is 14.1. The first kappa shape index (κ1) is 33.0. The zero-order valence-electron chi connectivity index (χ0n) is 27.4. The average Bonchev–Trinajstić information content (AvgIpc) is 3.04. The van der Waals surface area contributed by atoms with Gasteiger partial charge in [-0.15, -0.1) is 0 Å². The van der Waals surface area contributed by atoms with Crippen molar-refractivity contribution in [2.45, 2.75) is 90.1 Å². The van der Waals surface area contributed by atoms with Crippen LogP contribution in [0.1, 0.15) is 71.3 Å². The van der Waals surface area contributed by atoms with Gasteiger partial charge in [-0.3, -0.25) is 4.79 Å². The number of piperidine rings is 1. The summed E-state index contributed by atoms with van der Waals surface area (Å²) in [6.07, 6.45) is 15.8. The Balaban J connectivity index is 1.11. The smallest absolute Gasteiger partial charge is 0.225 e. The van der Waals surface area contributed by atoms with Crippen molar-refractivity contribution < 1.29 is 23.7 Å². The molecule has 44 heavy (non-hydrogen) atoms. The first-order chi connectivity index (χ1) is 21.3. The molecule has 5 rings (SSSR count). The van der Waals surface area contributed by atoms with Gasteiger partial charge in [-0.05, 0) is 75.5 Å². The SMILES string of the molecule is COCCCN1C[C@](C)(C2C=CC=CC2)Oc2ccc(CO[C@@H]3CC[C@@H](CC(C)(C)C(=O)NCC4CCOCC4)NC3)cc21. The van der Waals surface area contributed by atoms with Gasteiger partial charge in [0.1, 0.15) is 11.4 Å². The van der Waals surface area contributed by atoms with Crippen LogP contribution >= 0.6 is 0 Å². The van der Waals surface area contributed by atoms with Crippen LogP contribution in [0.25, 0.3) is 0 Å². The number of nitrogens with zero attached hydrogens (tertiary/aromatic N) is 1. The summed E-state index contributed by atoms with van der Waals surface area (Å²) in [6, 6.07) is 6.85. The summed E-state index contributed by atoms with van der Waals surface area (Å²) >= 11 is 0. The number of benzene rings is 1. The molecule has 4 aliphatic rings. The van der Waals surface area contributed by atoms with E-state index in [0.717, 1.165) is 108 Å². The number of rotatable bonds is 13. The molecule has 2 N–H and O–H groups in total. The molecule has 1 aliphatic carbocycles. The van der Waals surface area contributed by atoms with Gasteiger partial charge in [0.2, 0.25) is 5.91 Å². The highest BCUT2D eigenvalue weighted by Gasteiger charge is 2.41. The van der Waals surface area contributed by atoms with Crippen molar-refractivity contribution in [1.82, 2.24) is 10.6 Å². The fourth-order valence-corrected chi connectivity index (χ4v) is 7.11. The second-order valence-corrected chi connectivity index (χ2v) is 14.1. The fraction of sp³-hybridized carbons (Fsp3) is 0.694. The number of hydrogen-bond donors (Lipinski definition) is 2. The predicted octanol–water partition coefficient (Wildman–Crippen LogP) is 5.41. The van der Waals surface area contributed by atoms with E-state index < -0.39 is 5.41 Å². The molecule has 8 heteroatoms. The van der Waals surface area contributed by atoms with E-state index in [9.17, 15) is 4.79 Å². The van der Waals surface area contributed by atoms with E-state index in [1.165, 1.54) is 0 Å². The van der Waals surface area contributed by atoms with Gasteiger partial charge in [-0.1, -0.05) is 44.2 Å². The maximum absolute atomic E-state index is 13.0. The maximum atomic E-state index is 13.0. The summed E-state index contributed by atoms with van der Waals surface area (Å²) in [6.45, 7) is 12.7. The average molecular weight is 610 g/mol. The maximum Gasteiger partial charge on any atom is 0.225 e. The van der Waals surface area contributed by atoms with Crippen molar-refractivity contribution in [2.75, 3.05) is 58.0 Å². The minimum absolute atomic E-state index is 0.157. The van der Waals surface area contributed by atoms with Gasteiger partial charge >= 0.3 is 0 Å². The van der Waals surface area contributed by atoms with Crippen molar-refractivity contribution >= 4 is 11.6 Å². The van der Waals surface area contributed by atoms with Gasteiger partial charge in [0.25, 0.3) is 0 Å². The highest BCUT2D eigenvalue weighted by atomic mass is 16.5. The summed E-state index contributed by atoms with van der Waals surface area (Å²) in [5.41, 5.74) is 1.62. The molecule has 1 unspecified atom stereocenters. The lowest BCUT2D eigenvalue weighted by molar-refractivity contribution is -0.130. The molecule has 0 aromatic heterocycles. The summed E-state index contributed by atoms with van der Waals surface area (Å²) in [5, 5.41) is 6.89. The van der Waals surface area contributed by atoms with Gasteiger partial charge < -0.3 is 34.5 Å². The summed E-state index contributed by atoms with van der Waals surface area (Å²) < 4.78 is 23.9. The number of carbonyl (C=O) groups is 1. The third-order valence-electron chi connectivity index (χ3n) is 9.97. The Morgan fingerprint density at radius 1 is 1.18 bits per heavy atom. The lowest BCUT2D eigenvalue weighted by Crippen LogP contribution is -2.53. The van der Waals surface area contributed by atoms with E-state index in [1.54, 1.807) is 7.11 Å². The molecule has 3 heterocycles. The van der Waals surface area contributed by atoms with Crippen LogP contribution in [0.4, 0.5) is 5.69 Å². The molecule has 0 bridgehead atoms. The third kappa shape index (κ3) is 8.65. The molecule has 2 fully saturated rings. The quantitative estimate of drug-likeness (QED) is 0.290. The van der Waals surface area contributed by atoms with Gasteiger partial charge in [-0.25, -0.2) is 0 Å². The molecule has 1 aromatic carbocycles. The van der Waals surface area contributed by atoms with E-state index in [4.69, 9.17) is 18.9 Å². The summed E-state index contributed by atoms with van der Waals surface area (Å²) in [4.78, 5) is 15.5. The predicted molar refractivity (Wildman–Crippen MR) is 175 cm³/mol. The number of anilines is 1. The number of ether oxygens (including phenoxy) is 4. The van der Waals surface area contributed by atoms with Crippen molar-refractivity contribution in [3.05, 3.63) is 48.1 Å². The first-order valence-electron chi connectivity index (χ1n) is 16.9. The summed E-state index contributed by atoms with van der Waals surface area (Å²) in [5.74, 6) is 1.98. The van der Waals surface area contributed by atoms with Crippen molar-refractivity contribution in [1.29, 1.82) is 0 Å². The van der Waals surface area contributed by atoms with E-state index in [0.29, 0.717) is 24.5 Å². The van der Waals surface area contributed by atoms with E-state index in [1.807, 2.05) is 0 Å². The third-order valence-corrected chi connectivity index (χ3v) is 9.97. The normalized spacial score (nSPS) is 27.5. The molecule has 1 amide bonds. The van der Waals surface area contributed by atoms with Crippen LogP contribution in [0.15, 0.2) is 42.5 Å². The molecule has 4 atom stereocenters. The van der Waals surface area contributed by atoms with E-state index in [-0.39, 0.29) is 17.6 Å². The van der Waals surface area contributed by atoms with Crippen LogP contribution in [-0.4, -0.2) is 76.8 Å². The minimum atomic E-state index is -0.406. The van der Waals surface area contributed by atoms with Crippen LogP contribution in [0.2, 0.25) is 0 Å². The van der Waals surface area contributed by atoms with Crippen molar-refractivity contribution in [3.63, 3.8) is 0 Å². The molecule has 8 nitrogen and oxygen atoms in total. The molecule has 3 aliphatic heterocycles. The molecule has 2 saturated heterocycles. The Hall–Kier alpha value is -2.39. The highest BCUT2D eigenvalue weighted by molar-refractivity contribution is 5.81.